The number of aryl methyl sites for hydroxylation is 1. The fourth-order valence-electron chi connectivity index (χ4n) is 2.15. The van der Waals surface area contributed by atoms with Crippen molar-refractivity contribution in [3.05, 3.63) is 58.7 Å². The largest absolute Gasteiger partial charge is 0.418 e. The quantitative estimate of drug-likeness (QED) is 0.676. The molecule has 7 nitrogen and oxygen atoms in total. The van der Waals surface area contributed by atoms with Gasteiger partial charge >= 0.3 is 6.18 Å². The summed E-state index contributed by atoms with van der Waals surface area (Å²) in [5, 5.41) is 8.54. The van der Waals surface area contributed by atoms with E-state index in [-0.39, 0.29) is 28.0 Å². The zero-order valence-corrected chi connectivity index (χ0v) is 14.4. The van der Waals surface area contributed by atoms with E-state index in [1.807, 2.05) is 0 Å². The highest BCUT2D eigenvalue weighted by molar-refractivity contribution is 6.30. The van der Waals surface area contributed by atoms with Crippen LogP contribution >= 0.6 is 11.6 Å². The van der Waals surface area contributed by atoms with Gasteiger partial charge < -0.3 is 15.2 Å². The van der Waals surface area contributed by atoms with Gasteiger partial charge in [-0.05, 0) is 25.1 Å². The van der Waals surface area contributed by atoms with Gasteiger partial charge in [0, 0.05) is 17.2 Å². The third-order valence-corrected chi connectivity index (χ3v) is 3.55. The molecular weight excluding hydrogens is 387 g/mol. The van der Waals surface area contributed by atoms with Gasteiger partial charge in [0.25, 0.3) is 5.91 Å². The van der Waals surface area contributed by atoms with Gasteiger partial charge in [-0.2, -0.15) is 13.2 Å². The summed E-state index contributed by atoms with van der Waals surface area (Å²) < 4.78 is 44.3. The maximum atomic E-state index is 13.2. The molecule has 0 unspecified atom stereocenters. The second-order valence-electron chi connectivity index (χ2n) is 5.38. The highest BCUT2D eigenvalue weighted by atomic mass is 35.5. The lowest BCUT2D eigenvalue weighted by Crippen LogP contribution is -2.15. The smallest absolute Gasteiger partial charge is 0.360 e. The minimum absolute atomic E-state index is 0.000643. The van der Waals surface area contributed by atoms with Gasteiger partial charge in [-0.25, -0.2) is 9.97 Å². The standard InChI is InChI=1S/C16H11ClF3N5O2/c1-8-4-14(25-27-8)24-15(26)12-6-13(22-7-21-12)23-11-3-2-9(17)5-10(11)16(18,19)20/h2-7H,1H3,(H,21,22,23)(H,24,25,26). The van der Waals surface area contributed by atoms with Crippen LogP contribution in [0.1, 0.15) is 21.8 Å². The topological polar surface area (TPSA) is 92.9 Å². The van der Waals surface area contributed by atoms with Gasteiger partial charge in [0.2, 0.25) is 0 Å². The molecule has 0 aliphatic carbocycles. The molecular formula is C16H11ClF3N5O2. The van der Waals surface area contributed by atoms with Crippen LogP contribution in [0.2, 0.25) is 5.02 Å². The molecule has 0 spiro atoms. The van der Waals surface area contributed by atoms with Crippen molar-refractivity contribution < 1.29 is 22.5 Å². The van der Waals surface area contributed by atoms with E-state index in [2.05, 4.69) is 25.8 Å². The van der Waals surface area contributed by atoms with E-state index in [0.717, 1.165) is 12.4 Å². The van der Waals surface area contributed by atoms with E-state index in [1.165, 1.54) is 24.3 Å². The van der Waals surface area contributed by atoms with Crippen molar-refractivity contribution in [3.63, 3.8) is 0 Å². The molecule has 0 fully saturated rings. The van der Waals surface area contributed by atoms with E-state index < -0.39 is 17.6 Å². The molecule has 3 aromatic rings. The molecule has 27 heavy (non-hydrogen) atoms. The van der Waals surface area contributed by atoms with E-state index in [0.29, 0.717) is 5.76 Å². The van der Waals surface area contributed by atoms with Crippen LogP contribution in [-0.4, -0.2) is 21.0 Å². The molecule has 11 heteroatoms. The van der Waals surface area contributed by atoms with E-state index in [4.69, 9.17) is 16.1 Å². The highest BCUT2D eigenvalue weighted by Crippen LogP contribution is 2.37. The molecule has 0 saturated heterocycles. The molecule has 1 amide bonds. The van der Waals surface area contributed by atoms with E-state index >= 15 is 0 Å². The molecule has 0 aliphatic heterocycles. The predicted molar refractivity (Wildman–Crippen MR) is 91.0 cm³/mol. The number of alkyl halides is 3. The van der Waals surface area contributed by atoms with Crippen LogP contribution in [0.25, 0.3) is 0 Å². The molecule has 0 radical (unpaired) electrons. The highest BCUT2D eigenvalue weighted by Gasteiger charge is 2.34. The van der Waals surface area contributed by atoms with Crippen LogP contribution in [0.3, 0.4) is 0 Å². The Morgan fingerprint density at radius 3 is 2.59 bits per heavy atom. The molecule has 0 bridgehead atoms. The first-order valence-electron chi connectivity index (χ1n) is 7.43. The van der Waals surface area contributed by atoms with Gasteiger partial charge in [0.1, 0.15) is 23.6 Å². The molecule has 3 rings (SSSR count). The number of hydrogen-bond acceptors (Lipinski definition) is 6. The molecule has 0 aliphatic rings. The van der Waals surface area contributed by atoms with Gasteiger partial charge in [-0.1, -0.05) is 16.8 Å². The third kappa shape index (κ3) is 4.53. The Labute approximate surface area is 155 Å². The van der Waals surface area contributed by atoms with Crippen molar-refractivity contribution >= 4 is 34.8 Å². The van der Waals surface area contributed by atoms with Crippen molar-refractivity contribution in [2.75, 3.05) is 10.6 Å². The van der Waals surface area contributed by atoms with Crippen molar-refractivity contribution in [1.29, 1.82) is 0 Å². The van der Waals surface area contributed by atoms with Gasteiger partial charge in [-0.3, -0.25) is 4.79 Å². The average molecular weight is 398 g/mol. The SMILES string of the molecule is Cc1cc(NC(=O)c2cc(Nc3ccc(Cl)cc3C(F)(F)F)ncn2)no1. The molecule has 140 valence electrons. The van der Waals surface area contributed by atoms with Gasteiger partial charge in [0.05, 0.1) is 11.3 Å². The number of carbonyl (C=O) groups is 1. The number of halogens is 4. The van der Waals surface area contributed by atoms with Crippen molar-refractivity contribution in [1.82, 2.24) is 15.1 Å². The number of benzene rings is 1. The summed E-state index contributed by atoms with van der Waals surface area (Å²) in [6.45, 7) is 1.65. The minimum Gasteiger partial charge on any atom is -0.360 e. The Kier molecular flexibility index (Phi) is 5.00. The zero-order chi connectivity index (χ0) is 19.6. The van der Waals surface area contributed by atoms with Crippen molar-refractivity contribution in [2.45, 2.75) is 13.1 Å². The van der Waals surface area contributed by atoms with Crippen LogP contribution in [-0.2, 0) is 6.18 Å². The van der Waals surface area contributed by atoms with Crippen LogP contribution in [0.4, 0.5) is 30.5 Å². The zero-order valence-electron chi connectivity index (χ0n) is 13.6. The lowest BCUT2D eigenvalue weighted by Gasteiger charge is -2.14. The van der Waals surface area contributed by atoms with Crippen molar-refractivity contribution in [2.24, 2.45) is 0 Å². The Morgan fingerprint density at radius 2 is 1.93 bits per heavy atom. The molecule has 2 N–H and O–H groups in total. The molecule has 2 aromatic heterocycles. The van der Waals surface area contributed by atoms with E-state index in [1.54, 1.807) is 6.92 Å². The number of anilines is 3. The summed E-state index contributed by atoms with van der Waals surface area (Å²) in [6.07, 6.45) is -3.57. The number of amides is 1. The second-order valence-corrected chi connectivity index (χ2v) is 5.81. The summed E-state index contributed by atoms with van der Waals surface area (Å²) in [7, 11) is 0. The first-order valence-corrected chi connectivity index (χ1v) is 7.80. The lowest BCUT2D eigenvalue weighted by molar-refractivity contribution is -0.136. The van der Waals surface area contributed by atoms with E-state index in [9.17, 15) is 18.0 Å². The molecule has 0 saturated carbocycles. The molecule has 0 atom stereocenters. The fraction of sp³-hybridized carbons (Fsp3) is 0.125. The molecule has 2 heterocycles. The average Bonchev–Trinajstić information content (AvgIpc) is 3.00. The van der Waals surface area contributed by atoms with Crippen molar-refractivity contribution in [3.8, 4) is 0 Å². The van der Waals surface area contributed by atoms with Crippen LogP contribution in [0.5, 0.6) is 0 Å². The number of hydrogen-bond donors (Lipinski definition) is 2. The second kappa shape index (κ2) is 7.23. The number of aromatic nitrogens is 3. The molecule has 1 aromatic carbocycles. The van der Waals surface area contributed by atoms with Crippen LogP contribution in [0.15, 0.2) is 41.2 Å². The lowest BCUT2D eigenvalue weighted by atomic mass is 10.1. The number of nitrogens with one attached hydrogen (secondary N) is 2. The summed E-state index contributed by atoms with van der Waals surface area (Å²) in [5.41, 5.74) is -1.29. The van der Waals surface area contributed by atoms with Crippen LogP contribution in [0, 0.1) is 6.92 Å². The summed E-state index contributed by atoms with van der Waals surface area (Å²) in [5.74, 6) is 0.0562. The predicted octanol–water partition coefficient (Wildman–Crippen LogP) is 4.44. The third-order valence-electron chi connectivity index (χ3n) is 3.32. The Morgan fingerprint density at radius 1 is 1.15 bits per heavy atom. The minimum atomic E-state index is -4.62. The maximum Gasteiger partial charge on any atom is 0.418 e. The number of nitrogens with zero attached hydrogens (tertiary/aromatic N) is 3. The Balaban J connectivity index is 1.83. The van der Waals surface area contributed by atoms with Gasteiger partial charge in [-0.15, -0.1) is 0 Å². The number of carbonyl (C=O) groups excluding carboxylic acids is 1. The monoisotopic (exact) mass is 397 g/mol. The Bertz CT molecular complexity index is 990. The summed E-state index contributed by atoms with van der Waals surface area (Å²) in [4.78, 5) is 19.8. The first-order chi connectivity index (χ1) is 12.7. The Hall–Kier alpha value is -3.14. The normalized spacial score (nSPS) is 11.3. The first kappa shape index (κ1) is 18.6. The van der Waals surface area contributed by atoms with Crippen LogP contribution < -0.4 is 10.6 Å². The fourth-order valence-corrected chi connectivity index (χ4v) is 2.33. The summed E-state index contributed by atoms with van der Waals surface area (Å²) in [6, 6.07) is 5.98. The maximum absolute atomic E-state index is 13.2. The number of rotatable bonds is 4. The summed E-state index contributed by atoms with van der Waals surface area (Å²) >= 11 is 5.65. The van der Waals surface area contributed by atoms with Gasteiger partial charge in [0.15, 0.2) is 5.82 Å².